The lowest BCUT2D eigenvalue weighted by molar-refractivity contribution is 0.0730. The number of hydrogen-bond donors (Lipinski definition) is 0. The quantitative estimate of drug-likeness (QED) is 0.585. The molecule has 0 saturated carbocycles. The molecule has 0 radical (unpaired) electrons. The minimum atomic E-state index is -3.50. The van der Waals surface area contributed by atoms with E-state index in [0.717, 1.165) is 22.1 Å². The fraction of sp³-hybridized carbons (Fsp3) is 0.389. The molecule has 10 heteroatoms. The zero-order valence-electron chi connectivity index (χ0n) is 15.7. The Morgan fingerprint density at radius 3 is 2.71 bits per heavy atom. The van der Waals surface area contributed by atoms with Gasteiger partial charge < -0.3 is 4.74 Å². The number of benzene rings is 1. The number of thioether (sulfide) groups is 1. The molecule has 1 aromatic carbocycles. The standard InChI is InChI=1S/C18H21N5O3S2/c1-13-10-14(2)23-17(19-13)20-21-18(23)27-12-15-4-3-5-16(11-15)28(24,25)22-6-8-26-9-7-22/h3-5,10-11H,6-9,12H2,1-2H3. The van der Waals surface area contributed by atoms with Crippen LogP contribution in [0.1, 0.15) is 17.0 Å². The van der Waals surface area contributed by atoms with E-state index in [1.165, 1.54) is 16.1 Å². The number of morpholine rings is 1. The van der Waals surface area contributed by atoms with Crippen LogP contribution in [0.5, 0.6) is 0 Å². The molecule has 148 valence electrons. The summed E-state index contributed by atoms with van der Waals surface area (Å²) in [6.45, 7) is 5.56. The number of aromatic nitrogens is 4. The summed E-state index contributed by atoms with van der Waals surface area (Å²) < 4.78 is 34.3. The third kappa shape index (κ3) is 3.77. The highest BCUT2D eigenvalue weighted by Gasteiger charge is 2.26. The van der Waals surface area contributed by atoms with Crippen LogP contribution in [0.25, 0.3) is 5.78 Å². The van der Waals surface area contributed by atoms with Crippen LogP contribution in [-0.2, 0) is 20.5 Å². The molecule has 0 amide bonds. The lowest BCUT2D eigenvalue weighted by atomic mass is 10.2. The first kappa shape index (κ1) is 19.3. The Hall–Kier alpha value is -2.01. The summed E-state index contributed by atoms with van der Waals surface area (Å²) in [5.41, 5.74) is 2.82. The average Bonchev–Trinajstić information content (AvgIpc) is 3.10. The van der Waals surface area contributed by atoms with Crippen LogP contribution >= 0.6 is 11.8 Å². The number of rotatable bonds is 5. The monoisotopic (exact) mass is 419 g/mol. The van der Waals surface area contributed by atoms with E-state index in [1.54, 1.807) is 18.2 Å². The van der Waals surface area contributed by atoms with E-state index in [-0.39, 0.29) is 0 Å². The summed E-state index contributed by atoms with van der Waals surface area (Å²) in [7, 11) is -3.50. The third-order valence-electron chi connectivity index (χ3n) is 4.54. The molecule has 1 fully saturated rings. The average molecular weight is 420 g/mol. The second-order valence-corrected chi connectivity index (χ2v) is 9.49. The first-order valence-corrected chi connectivity index (χ1v) is 11.4. The smallest absolute Gasteiger partial charge is 0.256 e. The molecule has 3 aromatic rings. The van der Waals surface area contributed by atoms with E-state index in [1.807, 2.05) is 30.4 Å². The van der Waals surface area contributed by atoms with E-state index in [9.17, 15) is 8.42 Å². The van der Waals surface area contributed by atoms with Gasteiger partial charge in [0.1, 0.15) is 0 Å². The maximum Gasteiger partial charge on any atom is 0.256 e. The van der Waals surface area contributed by atoms with Gasteiger partial charge >= 0.3 is 0 Å². The van der Waals surface area contributed by atoms with Gasteiger partial charge in [0.2, 0.25) is 10.0 Å². The Balaban J connectivity index is 1.55. The minimum absolute atomic E-state index is 0.312. The highest BCUT2D eigenvalue weighted by Crippen LogP contribution is 2.25. The molecule has 8 nitrogen and oxygen atoms in total. The van der Waals surface area contributed by atoms with Gasteiger partial charge in [0.25, 0.3) is 5.78 Å². The lowest BCUT2D eigenvalue weighted by Crippen LogP contribution is -2.40. The predicted molar refractivity (Wildman–Crippen MR) is 106 cm³/mol. The topological polar surface area (TPSA) is 89.7 Å². The number of fused-ring (bicyclic) bond motifs is 1. The Labute approximate surface area is 168 Å². The van der Waals surface area contributed by atoms with E-state index in [4.69, 9.17) is 4.74 Å². The van der Waals surface area contributed by atoms with Crippen LogP contribution in [0.3, 0.4) is 0 Å². The van der Waals surface area contributed by atoms with Gasteiger partial charge in [-0.3, -0.25) is 4.40 Å². The molecule has 28 heavy (non-hydrogen) atoms. The van der Waals surface area contributed by atoms with E-state index >= 15 is 0 Å². The summed E-state index contributed by atoms with van der Waals surface area (Å²) in [4.78, 5) is 4.70. The van der Waals surface area contributed by atoms with Crippen molar-refractivity contribution in [3.63, 3.8) is 0 Å². The molecule has 1 aliphatic heterocycles. The van der Waals surface area contributed by atoms with Crippen molar-refractivity contribution in [2.75, 3.05) is 26.3 Å². The van der Waals surface area contributed by atoms with Crippen molar-refractivity contribution in [3.8, 4) is 0 Å². The number of sulfonamides is 1. The van der Waals surface area contributed by atoms with Gasteiger partial charge in [-0.25, -0.2) is 13.4 Å². The SMILES string of the molecule is Cc1cc(C)n2c(SCc3cccc(S(=O)(=O)N4CCOCC4)c3)nnc2n1. The van der Waals surface area contributed by atoms with Gasteiger partial charge in [0.05, 0.1) is 18.1 Å². The number of nitrogens with zero attached hydrogens (tertiary/aromatic N) is 5. The molecule has 0 bridgehead atoms. The van der Waals surface area contributed by atoms with Crippen molar-refractivity contribution < 1.29 is 13.2 Å². The molecule has 0 atom stereocenters. The fourth-order valence-corrected chi connectivity index (χ4v) is 5.58. The van der Waals surface area contributed by atoms with Gasteiger partial charge in [-0.1, -0.05) is 23.9 Å². The molecule has 1 saturated heterocycles. The normalized spacial score (nSPS) is 15.9. The first-order valence-electron chi connectivity index (χ1n) is 8.94. The van der Waals surface area contributed by atoms with Gasteiger partial charge in [-0.15, -0.1) is 10.2 Å². The third-order valence-corrected chi connectivity index (χ3v) is 7.43. The minimum Gasteiger partial charge on any atom is -0.379 e. The molecule has 1 aliphatic rings. The molecule has 3 heterocycles. The molecule has 0 unspecified atom stereocenters. The summed E-state index contributed by atoms with van der Waals surface area (Å²) >= 11 is 1.51. The largest absolute Gasteiger partial charge is 0.379 e. The maximum atomic E-state index is 12.9. The van der Waals surface area contributed by atoms with E-state index in [0.29, 0.717) is 42.7 Å². The Morgan fingerprint density at radius 1 is 1.14 bits per heavy atom. The number of hydrogen-bond acceptors (Lipinski definition) is 7. The second kappa shape index (κ2) is 7.78. The predicted octanol–water partition coefficient (Wildman–Crippen LogP) is 2.05. The van der Waals surface area contributed by atoms with Crippen molar-refractivity contribution in [1.29, 1.82) is 0 Å². The van der Waals surface area contributed by atoms with Crippen molar-refractivity contribution in [3.05, 3.63) is 47.3 Å². The molecule has 0 spiro atoms. The van der Waals surface area contributed by atoms with Gasteiger partial charge in [-0.05, 0) is 37.6 Å². The van der Waals surface area contributed by atoms with Crippen LogP contribution in [-0.4, -0.2) is 58.6 Å². The van der Waals surface area contributed by atoms with Crippen LogP contribution in [0.2, 0.25) is 0 Å². The second-order valence-electron chi connectivity index (χ2n) is 6.61. The lowest BCUT2D eigenvalue weighted by Gasteiger charge is -2.26. The van der Waals surface area contributed by atoms with Crippen LogP contribution in [0, 0.1) is 13.8 Å². The summed E-state index contributed by atoms with van der Waals surface area (Å²) in [5.74, 6) is 1.16. The zero-order chi connectivity index (χ0) is 19.7. The number of aryl methyl sites for hydroxylation is 2. The van der Waals surface area contributed by atoms with Crippen molar-refractivity contribution in [1.82, 2.24) is 23.9 Å². The van der Waals surface area contributed by atoms with Gasteiger partial charge in [0.15, 0.2) is 5.16 Å². The van der Waals surface area contributed by atoms with Crippen LogP contribution < -0.4 is 0 Å². The molecular formula is C18H21N5O3S2. The summed E-state index contributed by atoms with van der Waals surface area (Å²) in [6, 6.07) is 9.06. The fourth-order valence-electron chi connectivity index (χ4n) is 3.17. The van der Waals surface area contributed by atoms with Gasteiger partial charge in [-0.2, -0.15) is 4.31 Å². The van der Waals surface area contributed by atoms with Crippen molar-refractivity contribution in [2.45, 2.75) is 29.7 Å². The highest BCUT2D eigenvalue weighted by atomic mass is 32.2. The molecule has 2 aromatic heterocycles. The van der Waals surface area contributed by atoms with Crippen molar-refractivity contribution >= 4 is 27.6 Å². The summed E-state index contributed by atoms with van der Waals surface area (Å²) in [5, 5.41) is 9.10. The Kier molecular flexibility index (Phi) is 5.37. The summed E-state index contributed by atoms with van der Waals surface area (Å²) in [6.07, 6.45) is 0. The van der Waals surface area contributed by atoms with Gasteiger partial charge in [0, 0.05) is 30.2 Å². The maximum absolute atomic E-state index is 12.9. The van der Waals surface area contributed by atoms with E-state index < -0.39 is 10.0 Å². The Morgan fingerprint density at radius 2 is 1.93 bits per heavy atom. The Bertz CT molecular complexity index is 1110. The van der Waals surface area contributed by atoms with Crippen LogP contribution in [0.4, 0.5) is 0 Å². The molecule has 0 N–H and O–H groups in total. The zero-order valence-corrected chi connectivity index (χ0v) is 17.3. The highest BCUT2D eigenvalue weighted by molar-refractivity contribution is 7.98. The first-order chi connectivity index (χ1) is 13.4. The molecule has 4 rings (SSSR count). The molecular weight excluding hydrogens is 398 g/mol. The van der Waals surface area contributed by atoms with Crippen molar-refractivity contribution in [2.24, 2.45) is 0 Å². The van der Waals surface area contributed by atoms with E-state index in [2.05, 4.69) is 15.2 Å². The number of ether oxygens (including phenoxy) is 1. The molecule has 0 aliphatic carbocycles. The van der Waals surface area contributed by atoms with Crippen LogP contribution in [0.15, 0.2) is 40.4 Å².